The molecule has 1 aromatic rings. The number of Topliss-reactive ketones (excluding diaryl/α,β-unsaturated/α-hetero) is 1. The van der Waals surface area contributed by atoms with Gasteiger partial charge in [0.15, 0.2) is 11.7 Å². The second-order valence-corrected chi connectivity index (χ2v) is 16.1. The van der Waals surface area contributed by atoms with E-state index in [-0.39, 0.29) is 44.1 Å². The van der Waals surface area contributed by atoms with Gasteiger partial charge in [-0.15, -0.1) is 0 Å². The highest BCUT2D eigenvalue weighted by atomic mass is 16.3. The van der Waals surface area contributed by atoms with Crippen LogP contribution < -0.4 is 38.1 Å². The van der Waals surface area contributed by atoms with Crippen molar-refractivity contribution in [2.45, 2.75) is 180 Å². The van der Waals surface area contributed by atoms with Gasteiger partial charge in [-0.3, -0.25) is 33.8 Å². The molecule has 0 aliphatic rings. The number of aliphatic hydroxyl groups is 2. The molecule has 0 bridgehead atoms. The van der Waals surface area contributed by atoms with Gasteiger partial charge in [-0.2, -0.15) is 0 Å². The fourth-order valence-corrected chi connectivity index (χ4v) is 6.65. The SMILES string of the molecule is CCCCCCCCCCCCCCCC(=O)NC(C(=O)N[C@@H](C(=O)N[C@@H](Cc1ccccc1)C(=O)N[C@@H](CCCN=C(N)N)C(=O)N[C@@H](CO)C(C)=O)C(C)C)[C@@H](C)O. The van der Waals surface area contributed by atoms with Gasteiger partial charge in [0.2, 0.25) is 29.5 Å². The zero-order chi connectivity index (χ0) is 44.9. The number of carbonyl (C=O) groups is 6. The van der Waals surface area contributed by atoms with Crippen LogP contribution in [0.25, 0.3) is 0 Å². The van der Waals surface area contributed by atoms with E-state index < -0.39 is 78.2 Å². The quantitative estimate of drug-likeness (QED) is 0.0284. The van der Waals surface area contributed by atoms with Crippen LogP contribution >= 0.6 is 0 Å². The minimum atomic E-state index is -1.33. The van der Waals surface area contributed by atoms with Gasteiger partial charge in [-0.1, -0.05) is 128 Å². The molecule has 1 aromatic carbocycles. The number of unbranched alkanes of at least 4 members (excludes halogenated alkanes) is 12. The van der Waals surface area contributed by atoms with Gasteiger partial charge in [0.1, 0.15) is 30.2 Å². The standard InChI is InChI=1S/C44H76N8O8/c1-6-7-8-9-10-11-12-13-14-15-16-17-21-26-37(56)51-39(32(5)55)43(60)52-38(30(2)3)42(59)49-35(28-33-23-19-18-20-24-33)41(58)48-34(25-22-27-47-44(45)46)40(57)50-36(29-53)31(4)54/h18-20,23-24,30,32,34-36,38-39,53,55H,6-17,21-22,25-29H2,1-5H3,(H,48,58)(H,49,59)(H,50,57)(H,51,56)(H,52,60)(H4,45,46,47)/t32-,34+,35+,36+,38-,39?/m1/s1. The van der Waals surface area contributed by atoms with Crippen LogP contribution in [-0.2, 0) is 35.2 Å². The molecule has 60 heavy (non-hydrogen) atoms. The average molecular weight is 845 g/mol. The maximum absolute atomic E-state index is 13.9. The summed E-state index contributed by atoms with van der Waals surface area (Å²) in [6.07, 6.45) is 14.4. The summed E-state index contributed by atoms with van der Waals surface area (Å²) < 4.78 is 0. The Labute approximate surface area is 357 Å². The number of hydrogen-bond donors (Lipinski definition) is 9. The Hall–Kier alpha value is -4.57. The summed E-state index contributed by atoms with van der Waals surface area (Å²) in [4.78, 5) is 83.4. The molecular weight excluding hydrogens is 769 g/mol. The lowest BCUT2D eigenvalue weighted by molar-refractivity contribution is -0.136. The molecule has 0 aliphatic carbocycles. The molecule has 340 valence electrons. The van der Waals surface area contributed by atoms with E-state index in [0.29, 0.717) is 12.0 Å². The van der Waals surface area contributed by atoms with Gasteiger partial charge in [-0.05, 0) is 44.6 Å². The smallest absolute Gasteiger partial charge is 0.245 e. The van der Waals surface area contributed by atoms with Crippen LogP contribution in [0.2, 0.25) is 0 Å². The van der Waals surface area contributed by atoms with Gasteiger partial charge >= 0.3 is 0 Å². The van der Waals surface area contributed by atoms with Crippen molar-refractivity contribution >= 4 is 41.3 Å². The normalized spacial score (nSPS) is 14.1. The molecule has 0 fully saturated rings. The number of carbonyl (C=O) groups excluding carboxylic acids is 6. The van der Waals surface area contributed by atoms with Crippen LogP contribution in [0, 0.1) is 5.92 Å². The molecule has 11 N–H and O–H groups in total. The number of nitrogens with two attached hydrogens (primary N) is 2. The second-order valence-electron chi connectivity index (χ2n) is 16.1. The van der Waals surface area contributed by atoms with E-state index in [9.17, 15) is 39.0 Å². The maximum Gasteiger partial charge on any atom is 0.245 e. The van der Waals surface area contributed by atoms with Gasteiger partial charge in [0.05, 0.1) is 12.7 Å². The molecule has 0 radical (unpaired) electrons. The summed E-state index contributed by atoms with van der Waals surface area (Å²) in [6.45, 7) is 7.71. The number of guanidine groups is 1. The number of rotatable bonds is 33. The van der Waals surface area contributed by atoms with Crippen molar-refractivity contribution in [3.05, 3.63) is 35.9 Å². The van der Waals surface area contributed by atoms with Gasteiger partial charge in [-0.25, -0.2) is 0 Å². The van der Waals surface area contributed by atoms with Crippen LogP contribution in [0.15, 0.2) is 35.3 Å². The number of nitrogens with one attached hydrogen (secondary N) is 5. The van der Waals surface area contributed by atoms with Crippen molar-refractivity contribution in [3.8, 4) is 0 Å². The van der Waals surface area contributed by atoms with E-state index in [2.05, 4.69) is 38.5 Å². The lowest BCUT2D eigenvalue weighted by Crippen LogP contribution is -2.61. The maximum atomic E-state index is 13.9. The molecule has 0 saturated heterocycles. The van der Waals surface area contributed by atoms with Crippen LogP contribution in [0.4, 0.5) is 0 Å². The predicted octanol–water partition coefficient (Wildman–Crippen LogP) is 2.81. The van der Waals surface area contributed by atoms with Crippen LogP contribution in [0.5, 0.6) is 0 Å². The summed E-state index contributed by atoms with van der Waals surface area (Å²) in [7, 11) is 0. The Morgan fingerprint density at radius 2 is 1.13 bits per heavy atom. The minimum Gasteiger partial charge on any atom is -0.394 e. The lowest BCUT2D eigenvalue weighted by atomic mass is 9.99. The van der Waals surface area contributed by atoms with Gasteiger partial charge < -0.3 is 48.3 Å². The van der Waals surface area contributed by atoms with E-state index in [0.717, 1.165) is 19.3 Å². The number of nitrogens with zero attached hydrogens (tertiary/aromatic N) is 1. The van der Waals surface area contributed by atoms with E-state index in [4.69, 9.17) is 11.5 Å². The molecule has 6 atom stereocenters. The Morgan fingerprint density at radius 3 is 1.63 bits per heavy atom. The highest BCUT2D eigenvalue weighted by Crippen LogP contribution is 2.14. The number of amides is 5. The predicted molar refractivity (Wildman–Crippen MR) is 234 cm³/mol. The van der Waals surface area contributed by atoms with Gasteiger partial charge in [0, 0.05) is 19.4 Å². The molecule has 5 amide bonds. The van der Waals surface area contributed by atoms with Crippen LogP contribution in [-0.4, -0.2) is 101 Å². The first-order valence-corrected chi connectivity index (χ1v) is 22.0. The fourth-order valence-electron chi connectivity index (χ4n) is 6.65. The van der Waals surface area contributed by atoms with E-state index in [1.807, 2.05) is 0 Å². The first-order valence-electron chi connectivity index (χ1n) is 22.0. The Balaban J connectivity index is 2.97. The summed E-state index contributed by atoms with van der Waals surface area (Å²) in [5, 5.41) is 33.3. The largest absolute Gasteiger partial charge is 0.394 e. The van der Waals surface area contributed by atoms with Crippen molar-refractivity contribution in [1.82, 2.24) is 26.6 Å². The van der Waals surface area contributed by atoms with E-state index in [1.165, 1.54) is 71.6 Å². The summed E-state index contributed by atoms with van der Waals surface area (Å²) in [5.74, 6) is -4.43. The monoisotopic (exact) mass is 845 g/mol. The first kappa shape index (κ1) is 53.4. The molecule has 1 unspecified atom stereocenters. The summed E-state index contributed by atoms with van der Waals surface area (Å²) in [6, 6.07) is 2.72. The molecule has 0 saturated carbocycles. The molecular formula is C44H76N8O8. The molecule has 1 rings (SSSR count). The number of aliphatic imine (C=N–C) groups is 1. The summed E-state index contributed by atoms with van der Waals surface area (Å²) >= 11 is 0. The zero-order valence-electron chi connectivity index (χ0n) is 36.8. The van der Waals surface area contributed by atoms with Crippen molar-refractivity contribution in [2.24, 2.45) is 22.4 Å². The molecule has 0 aromatic heterocycles. The third-order valence-corrected chi connectivity index (χ3v) is 10.3. The number of benzene rings is 1. The third kappa shape index (κ3) is 23.3. The minimum absolute atomic E-state index is 0.0117. The average Bonchev–Trinajstić information content (AvgIpc) is 3.20. The third-order valence-electron chi connectivity index (χ3n) is 10.3. The second kappa shape index (κ2) is 31.3. The fraction of sp³-hybridized carbons (Fsp3) is 0.705. The van der Waals surface area contributed by atoms with E-state index in [1.54, 1.807) is 44.2 Å². The number of hydrogen-bond acceptors (Lipinski definition) is 9. The molecule has 0 aliphatic heterocycles. The lowest BCUT2D eigenvalue weighted by Gasteiger charge is -2.29. The van der Waals surface area contributed by atoms with Gasteiger partial charge in [0.25, 0.3) is 0 Å². The Morgan fingerprint density at radius 1 is 0.633 bits per heavy atom. The summed E-state index contributed by atoms with van der Waals surface area (Å²) in [5.41, 5.74) is 11.5. The van der Waals surface area contributed by atoms with Crippen molar-refractivity contribution in [1.29, 1.82) is 0 Å². The molecule has 16 heteroatoms. The van der Waals surface area contributed by atoms with Crippen molar-refractivity contribution < 1.29 is 39.0 Å². The van der Waals surface area contributed by atoms with Crippen molar-refractivity contribution in [3.63, 3.8) is 0 Å². The van der Waals surface area contributed by atoms with Crippen molar-refractivity contribution in [2.75, 3.05) is 13.2 Å². The van der Waals surface area contributed by atoms with E-state index >= 15 is 0 Å². The van der Waals surface area contributed by atoms with Crippen LogP contribution in [0.3, 0.4) is 0 Å². The Bertz CT molecular complexity index is 1450. The molecule has 0 spiro atoms. The van der Waals surface area contributed by atoms with Crippen LogP contribution in [0.1, 0.15) is 143 Å². The highest BCUT2D eigenvalue weighted by molar-refractivity contribution is 5.96. The zero-order valence-corrected chi connectivity index (χ0v) is 36.8. The first-order chi connectivity index (χ1) is 28.6. The topological polar surface area (TPSA) is 267 Å². The highest BCUT2D eigenvalue weighted by Gasteiger charge is 2.34. The number of aliphatic hydroxyl groups excluding tert-OH is 2. The Kier molecular flexibility index (Phi) is 27.9. The molecule has 16 nitrogen and oxygen atoms in total. The number of ketones is 1. The molecule has 0 heterocycles.